The van der Waals surface area contributed by atoms with Gasteiger partial charge in [-0.3, -0.25) is 11.3 Å². The summed E-state index contributed by atoms with van der Waals surface area (Å²) in [7, 11) is 0. The van der Waals surface area contributed by atoms with Crippen LogP contribution in [0.4, 0.5) is 0 Å². The Morgan fingerprint density at radius 1 is 1.24 bits per heavy atom. The second-order valence-electron chi connectivity index (χ2n) is 6.70. The number of rotatable bonds is 8. The van der Waals surface area contributed by atoms with Crippen molar-refractivity contribution in [1.82, 2.24) is 5.43 Å². The highest BCUT2D eigenvalue weighted by Gasteiger charge is 2.39. The van der Waals surface area contributed by atoms with Crippen LogP contribution in [0.25, 0.3) is 0 Å². The number of ether oxygens (including phenoxy) is 2. The molecule has 0 aromatic heterocycles. The number of nitrogens with one attached hydrogen (secondary N) is 1. The molecule has 0 amide bonds. The van der Waals surface area contributed by atoms with Gasteiger partial charge in [-0.25, -0.2) is 0 Å². The standard InChI is InChI=1S/C17H34N2O2/c1-2-21-17(12-5-3-4-6-13-17)16(19-18)11-7-9-15-10-8-14-20-15/h15-16,19H,2-14,18H2,1H3. The first-order chi connectivity index (χ1) is 10.3. The summed E-state index contributed by atoms with van der Waals surface area (Å²) in [5.41, 5.74) is 3.04. The second kappa shape index (κ2) is 9.09. The molecule has 2 aliphatic rings. The van der Waals surface area contributed by atoms with Gasteiger partial charge in [0, 0.05) is 13.2 Å². The third kappa shape index (κ3) is 4.92. The zero-order valence-corrected chi connectivity index (χ0v) is 13.7. The molecule has 4 heteroatoms. The predicted molar refractivity (Wildman–Crippen MR) is 86.0 cm³/mol. The molecule has 2 fully saturated rings. The largest absolute Gasteiger partial charge is 0.378 e. The SMILES string of the molecule is CCOC1(C(CCCC2CCCO2)NN)CCCCCC1. The van der Waals surface area contributed by atoms with E-state index in [1.54, 1.807) is 0 Å². The van der Waals surface area contributed by atoms with Crippen LogP contribution in [-0.2, 0) is 9.47 Å². The van der Waals surface area contributed by atoms with Crippen LogP contribution in [0, 0.1) is 0 Å². The van der Waals surface area contributed by atoms with Gasteiger partial charge in [0.25, 0.3) is 0 Å². The summed E-state index contributed by atoms with van der Waals surface area (Å²) in [5, 5.41) is 0. The van der Waals surface area contributed by atoms with Crippen molar-refractivity contribution in [3.63, 3.8) is 0 Å². The lowest BCUT2D eigenvalue weighted by molar-refractivity contribution is -0.0795. The minimum absolute atomic E-state index is 0.0451. The molecule has 21 heavy (non-hydrogen) atoms. The Labute approximate surface area is 130 Å². The monoisotopic (exact) mass is 298 g/mol. The fraction of sp³-hybridized carbons (Fsp3) is 1.00. The van der Waals surface area contributed by atoms with E-state index < -0.39 is 0 Å². The summed E-state index contributed by atoms with van der Waals surface area (Å²) < 4.78 is 12.0. The Balaban J connectivity index is 1.87. The lowest BCUT2D eigenvalue weighted by Gasteiger charge is -2.40. The summed E-state index contributed by atoms with van der Waals surface area (Å²) in [5.74, 6) is 5.90. The van der Waals surface area contributed by atoms with Gasteiger partial charge >= 0.3 is 0 Å². The Morgan fingerprint density at radius 2 is 2.00 bits per heavy atom. The first-order valence-electron chi connectivity index (χ1n) is 9.02. The molecule has 0 radical (unpaired) electrons. The van der Waals surface area contributed by atoms with Gasteiger partial charge < -0.3 is 9.47 Å². The molecule has 3 N–H and O–H groups in total. The normalized spacial score (nSPS) is 27.4. The van der Waals surface area contributed by atoms with E-state index in [2.05, 4.69) is 12.3 Å². The summed E-state index contributed by atoms with van der Waals surface area (Å²) in [6, 6.07) is 0.275. The molecule has 1 saturated heterocycles. The van der Waals surface area contributed by atoms with E-state index >= 15 is 0 Å². The van der Waals surface area contributed by atoms with Crippen molar-refractivity contribution in [2.24, 2.45) is 5.84 Å². The number of hydrogen-bond donors (Lipinski definition) is 2. The smallest absolute Gasteiger partial charge is 0.0848 e. The van der Waals surface area contributed by atoms with Gasteiger partial charge in [-0.15, -0.1) is 0 Å². The van der Waals surface area contributed by atoms with Gasteiger partial charge in [0.05, 0.1) is 17.7 Å². The predicted octanol–water partition coefficient (Wildman–Crippen LogP) is 3.30. The summed E-state index contributed by atoms with van der Waals surface area (Å²) in [4.78, 5) is 0. The van der Waals surface area contributed by atoms with E-state index in [0.717, 1.165) is 32.5 Å². The maximum absolute atomic E-state index is 6.25. The van der Waals surface area contributed by atoms with Gasteiger partial charge in [0.15, 0.2) is 0 Å². The topological polar surface area (TPSA) is 56.5 Å². The fourth-order valence-electron chi connectivity index (χ4n) is 4.13. The minimum atomic E-state index is -0.0451. The summed E-state index contributed by atoms with van der Waals surface area (Å²) in [6.07, 6.45) is 13.9. The van der Waals surface area contributed by atoms with E-state index in [1.165, 1.54) is 51.4 Å². The first-order valence-corrected chi connectivity index (χ1v) is 9.02. The van der Waals surface area contributed by atoms with Crippen molar-refractivity contribution in [2.45, 2.75) is 95.3 Å². The zero-order valence-electron chi connectivity index (χ0n) is 13.7. The zero-order chi connectivity index (χ0) is 15.0. The average molecular weight is 298 g/mol. The van der Waals surface area contributed by atoms with Gasteiger partial charge in [0.1, 0.15) is 0 Å². The van der Waals surface area contributed by atoms with Crippen molar-refractivity contribution in [3.05, 3.63) is 0 Å². The van der Waals surface area contributed by atoms with Gasteiger partial charge in [-0.1, -0.05) is 25.7 Å². The molecule has 2 rings (SSSR count). The number of hydrazine groups is 1. The second-order valence-corrected chi connectivity index (χ2v) is 6.70. The van der Waals surface area contributed by atoms with E-state index in [0.29, 0.717) is 6.10 Å². The third-order valence-electron chi connectivity index (χ3n) is 5.26. The van der Waals surface area contributed by atoms with Crippen molar-refractivity contribution in [3.8, 4) is 0 Å². The van der Waals surface area contributed by atoms with Gasteiger partial charge in [-0.2, -0.15) is 0 Å². The van der Waals surface area contributed by atoms with Gasteiger partial charge in [0.2, 0.25) is 0 Å². The summed E-state index contributed by atoms with van der Waals surface area (Å²) >= 11 is 0. The Morgan fingerprint density at radius 3 is 2.57 bits per heavy atom. The van der Waals surface area contributed by atoms with Crippen LogP contribution in [0.5, 0.6) is 0 Å². The summed E-state index contributed by atoms with van der Waals surface area (Å²) in [6.45, 7) is 3.84. The van der Waals surface area contributed by atoms with Gasteiger partial charge in [-0.05, 0) is 51.9 Å². The molecule has 0 bridgehead atoms. The molecule has 1 aliphatic carbocycles. The fourth-order valence-corrected chi connectivity index (χ4v) is 4.13. The molecular weight excluding hydrogens is 264 g/mol. The lowest BCUT2D eigenvalue weighted by Crippen LogP contribution is -2.54. The molecule has 2 unspecified atom stereocenters. The average Bonchev–Trinajstić information content (AvgIpc) is 2.90. The van der Waals surface area contributed by atoms with Crippen molar-refractivity contribution in [1.29, 1.82) is 0 Å². The molecule has 0 aromatic carbocycles. The maximum Gasteiger partial charge on any atom is 0.0848 e. The van der Waals surface area contributed by atoms with Crippen LogP contribution in [0.3, 0.4) is 0 Å². The molecule has 1 heterocycles. The maximum atomic E-state index is 6.25. The Kier molecular flexibility index (Phi) is 7.44. The molecule has 4 nitrogen and oxygen atoms in total. The van der Waals surface area contributed by atoms with E-state index in [9.17, 15) is 0 Å². The first kappa shape index (κ1) is 17.2. The van der Waals surface area contributed by atoms with Crippen LogP contribution in [-0.4, -0.2) is 31.0 Å². The third-order valence-corrected chi connectivity index (χ3v) is 5.26. The van der Waals surface area contributed by atoms with E-state index in [4.69, 9.17) is 15.3 Å². The van der Waals surface area contributed by atoms with Crippen LogP contribution in [0.2, 0.25) is 0 Å². The van der Waals surface area contributed by atoms with Crippen molar-refractivity contribution >= 4 is 0 Å². The van der Waals surface area contributed by atoms with E-state index in [-0.39, 0.29) is 11.6 Å². The Bertz CT molecular complexity index is 272. The molecule has 1 aliphatic heterocycles. The quantitative estimate of drug-likeness (QED) is 0.410. The molecule has 0 spiro atoms. The number of hydrogen-bond acceptors (Lipinski definition) is 4. The molecule has 124 valence electrons. The minimum Gasteiger partial charge on any atom is -0.378 e. The molecule has 1 saturated carbocycles. The highest BCUT2D eigenvalue weighted by Crippen LogP contribution is 2.35. The molecular formula is C17H34N2O2. The molecule has 0 aromatic rings. The lowest BCUT2D eigenvalue weighted by atomic mass is 9.83. The van der Waals surface area contributed by atoms with Crippen LogP contribution in [0.1, 0.15) is 77.6 Å². The van der Waals surface area contributed by atoms with Crippen molar-refractivity contribution in [2.75, 3.05) is 13.2 Å². The highest BCUT2D eigenvalue weighted by atomic mass is 16.5. The van der Waals surface area contributed by atoms with Crippen molar-refractivity contribution < 1.29 is 9.47 Å². The van der Waals surface area contributed by atoms with Crippen LogP contribution in [0.15, 0.2) is 0 Å². The number of nitrogens with two attached hydrogens (primary N) is 1. The van der Waals surface area contributed by atoms with Crippen LogP contribution >= 0.6 is 0 Å². The Hall–Kier alpha value is -0.160. The highest BCUT2D eigenvalue weighted by molar-refractivity contribution is 4.94. The van der Waals surface area contributed by atoms with E-state index in [1.807, 2.05) is 0 Å². The van der Waals surface area contributed by atoms with Crippen LogP contribution < -0.4 is 11.3 Å². The molecule has 2 atom stereocenters.